The minimum atomic E-state index is -0.711. The van der Waals surface area contributed by atoms with Gasteiger partial charge >= 0.3 is 0 Å². The smallest absolute Gasteiger partial charge is 0.253 e. The van der Waals surface area contributed by atoms with E-state index in [9.17, 15) is 4.79 Å². The maximum Gasteiger partial charge on any atom is 0.253 e. The lowest BCUT2D eigenvalue weighted by atomic mass is 9.95. The van der Waals surface area contributed by atoms with E-state index in [1.807, 2.05) is 24.5 Å². The molecule has 0 unspecified atom stereocenters. The van der Waals surface area contributed by atoms with E-state index in [-0.39, 0.29) is 11.7 Å². The highest BCUT2D eigenvalue weighted by Gasteiger charge is 2.40. The SMILES string of the molecule is CSc1ccccc1C(=O)NC1(C(N)=NO)CCCC1. The van der Waals surface area contributed by atoms with Gasteiger partial charge in [0.25, 0.3) is 5.91 Å². The lowest BCUT2D eigenvalue weighted by molar-refractivity contribution is 0.0919. The first-order valence-corrected chi connectivity index (χ1v) is 7.79. The molecular weight excluding hydrogens is 274 g/mol. The van der Waals surface area contributed by atoms with Crippen LogP contribution in [0, 0.1) is 0 Å². The van der Waals surface area contributed by atoms with Crippen LogP contribution in [0.5, 0.6) is 0 Å². The summed E-state index contributed by atoms with van der Waals surface area (Å²) in [6, 6.07) is 7.43. The molecule has 0 heterocycles. The van der Waals surface area contributed by atoms with Crippen LogP contribution in [0.4, 0.5) is 0 Å². The molecule has 1 aromatic rings. The summed E-state index contributed by atoms with van der Waals surface area (Å²) < 4.78 is 0. The molecule has 0 saturated heterocycles. The van der Waals surface area contributed by atoms with Crippen molar-refractivity contribution in [3.8, 4) is 0 Å². The average Bonchev–Trinajstić information content (AvgIpc) is 2.95. The maximum atomic E-state index is 12.5. The monoisotopic (exact) mass is 293 g/mol. The first-order chi connectivity index (χ1) is 9.63. The summed E-state index contributed by atoms with van der Waals surface area (Å²) in [6.07, 6.45) is 5.26. The van der Waals surface area contributed by atoms with E-state index in [1.54, 1.807) is 6.07 Å². The molecule has 0 bridgehead atoms. The van der Waals surface area contributed by atoms with Crippen molar-refractivity contribution in [3.05, 3.63) is 29.8 Å². The molecule has 20 heavy (non-hydrogen) atoms. The lowest BCUT2D eigenvalue weighted by Gasteiger charge is -2.29. The molecule has 0 atom stereocenters. The number of oxime groups is 1. The highest BCUT2D eigenvalue weighted by molar-refractivity contribution is 7.98. The van der Waals surface area contributed by atoms with E-state index in [4.69, 9.17) is 10.9 Å². The number of amides is 1. The number of nitrogens with two attached hydrogens (primary N) is 1. The zero-order valence-corrected chi connectivity index (χ0v) is 12.2. The van der Waals surface area contributed by atoms with Gasteiger partial charge in [-0.3, -0.25) is 4.79 Å². The molecule has 1 fully saturated rings. The molecule has 0 aromatic heterocycles. The summed E-state index contributed by atoms with van der Waals surface area (Å²) in [6.45, 7) is 0. The molecule has 1 aliphatic carbocycles. The number of nitrogens with one attached hydrogen (secondary N) is 1. The van der Waals surface area contributed by atoms with Crippen molar-refractivity contribution in [1.29, 1.82) is 0 Å². The van der Waals surface area contributed by atoms with Gasteiger partial charge in [0, 0.05) is 4.90 Å². The van der Waals surface area contributed by atoms with Gasteiger partial charge in [0.05, 0.1) is 5.56 Å². The van der Waals surface area contributed by atoms with E-state index in [0.717, 1.165) is 17.7 Å². The van der Waals surface area contributed by atoms with Crippen LogP contribution in [0.3, 0.4) is 0 Å². The fourth-order valence-corrected chi connectivity index (χ4v) is 3.23. The highest BCUT2D eigenvalue weighted by Crippen LogP contribution is 2.31. The van der Waals surface area contributed by atoms with Crippen LogP contribution in [0.1, 0.15) is 36.0 Å². The number of amidine groups is 1. The highest BCUT2D eigenvalue weighted by atomic mass is 32.2. The van der Waals surface area contributed by atoms with Crippen molar-refractivity contribution in [2.24, 2.45) is 10.9 Å². The topological polar surface area (TPSA) is 87.7 Å². The molecule has 5 nitrogen and oxygen atoms in total. The standard InChI is InChI=1S/C14H19N3O2S/c1-20-11-7-3-2-6-10(11)12(18)16-14(13(15)17-19)8-4-5-9-14/h2-3,6-7,19H,4-5,8-9H2,1H3,(H2,15,17)(H,16,18). The second-order valence-corrected chi connectivity index (χ2v) is 5.78. The molecule has 1 saturated carbocycles. The quantitative estimate of drug-likeness (QED) is 0.261. The third-order valence-electron chi connectivity index (χ3n) is 3.76. The molecule has 1 aliphatic rings. The fraction of sp³-hybridized carbons (Fsp3) is 0.429. The molecule has 2 rings (SSSR count). The fourth-order valence-electron chi connectivity index (χ4n) is 2.64. The van der Waals surface area contributed by atoms with Crippen LogP contribution in [-0.4, -0.2) is 28.7 Å². The molecule has 1 aromatic carbocycles. The van der Waals surface area contributed by atoms with Crippen molar-refractivity contribution in [3.63, 3.8) is 0 Å². The first kappa shape index (κ1) is 14.7. The number of hydrogen-bond acceptors (Lipinski definition) is 4. The van der Waals surface area contributed by atoms with Crippen LogP contribution in [0.2, 0.25) is 0 Å². The largest absolute Gasteiger partial charge is 0.409 e. The second-order valence-electron chi connectivity index (χ2n) is 4.93. The van der Waals surface area contributed by atoms with E-state index in [0.29, 0.717) is 18.4 Å². The third-order valence-corrected chi connectivity index (χ3v) is 4.56. The van der Waals surface area contributed by atoms with Gasteiger partial charge in [0.1, 0.15) is 5.54 Å². The number of carbonyl (C=O) groups is 1. The Morgan fingerprint density at radius 1 is 1.40 bits per heavy atom. The molecule has 1 amide bonds. The Kier molecular flexibility index (Phi) is 4.54. The van der Waals surface area contributed by atoms with E-state index >= 15 is 0 Å². The summed E-state index contributed by atoms with van der Waals surface area (Å²) in [5.41, 5.74) is 5.70. The number of hydrogen-bond donors (Lipinski definition) is 3. The lowest BCUT2D eigenvalue weighted by Crippen LogP contribution is -2.55. The summed E-state index contributed by atoms with van der Waals surface area (Å²) >= 11 is 1.52. The number of rotatable bonds is 4. The van der Waals surface area contributed by atoms with Gasteiger partial charge in [-0.2, -0.15) is 0 Å². The summed E-state index contributed by atoms with van der Waals surface area (Å²) in [4.78, 5) is 13.4. The van der Waals surface area contributed by atoms with Crippen molar-refractivity contribution >= 4 is 23.5 Å². The van der Waals surface area contributed by atoms with Gasteiger partial charge in [0.15, 0.2) is 5.84 Å². The number of thioether (sulfide) groups is 1. The molecule has 108 valence electrons. The van der Waals surface area contributed by atoms with Gasteiger partial charge in [-0.15, -0.1) is 11.8 Å². The van der Waals surface area contributed by atoms with Gasteiger partial charge in [-0.1, -0.05) is 30.1 Å². The molecule has 4 N–H and O–H groups in total. The molecule has 0 spiro atoms. The summed E-state index contributed by atoms with van der Waals surface area (Å²) in [5.74, 6) is -0.0894. The van der Waals surface area contributed by atoms with Crippen molar-refractivity contribution in [1.82, 2.24) is 5.32 Å². The number of carbonyl (C=O) groups excluding carboxylic acids is 1. The minimum Gasteiger partial charge on any atom is -0.409 e. The molecule has 0 radical (unpaired) electrons. The van der Waals surface area contributed by atoms with Gasteiger partial charge in [-0.05, 0) is 31.2 Å². The van der Waals surface area contributed by atoms with Crippen LogP contribution < -0.4 is 11.1 Å². The third kappa shape index (κ3) is 2.75. The Morgan fingerprint density at radius 2 is 2.05 bits per heavy atom. The van der Waals surface area contributed by atoms with Gasteiger partial charge < -0.3 is 16.3 Å². The van der Waals surface area contributed by atoms with Crippen molar-refractivity contribution in [2.75, 3.05) is 6.26 Å². The number of benzene rings is 1. The normalized spacial score (nSPS) is 17.9. The number of nitrogens with zero attached hydrogens (tertiary/aromatic N) is 1. The predicted octanol–water partition coefficient (Wildman–Crippen LogP) is 2.20. The van der Waals surface area contributed by atoms with E-state index in [1.165, 1.54) is 11.8 Å². The van der Waals surface area contributed by atoms with Gasteiger partial charge in [0.2, 0.25) is 0 Å². The summed E-state index contributed by atoms with van der Waals surface area (Å²) in [7, 11) is 0. The van der Waals surface area contributed by atoms with Crippen LogP contribution >= 0.6 is 11.8 Å². The first-order valence-electron chi connectivity index (χ1n) is 6.56. The van der Waals surface area contributed by atoms with Crippen molar-refractivity contribution < 1.29 is 10.0 Å². The zero-order valence-electron chi connectivity index (χ0n) is 11.4. The van der Waals surface area contributed by atoms with E-state index < -0.39 is 5.54 Å². The van der Waals surface area contributed by atoms with E-state index in [2.05, 4.69) is 10.5 Å². The molecule has 6 heteroatoms. The average molecular weight is 293 g/mol. The van der Waals surface area contributed by atoms with Crippen LogP contribution in [0.25, 0.3) is 0 Å². The Labute approximate surface area is 122 Å². The van der Waals surface area contributed by atoms with Crippen LogP contribution in [0.15, 0.2) is 34.3 Å². The Hall–Kier alpha value is -1.69. The molecular formula is C14H19N3O2S. The molecule has 0 aliphatic heterocycles. The Balaban J connectivity index is 2.25. The Bertz CT molecular complexity index is 525. The van der Waals surface area contributed by atoms with Gasteiger partial charge in [-0.25, -0.2) is 0 Å². The predicted molar refractivity (Wildman–Crippen MR) is 80.3 cm³/mol. The van der Waals surface area contributed by atoms with Crippen molar-refractivity contribution in [2.45, 2.75) is 36.1 Å². The zero-order chi connectivity index (χ0) is 14.6. The maximum absolute atomic E-state index is 12.5. The van der Waals surface area contributed by atoms with Crippen LogP contribution in [-0.2, 0) is 0 Å². The Morgan fingerprint density at radius 3 is 2.65 bits per heavy atom. The second kappa shape index (κ2) is 6.17. The minimum absolute atomic E-state index is 0.0879. The summed E-state index contributed by atoms with van der Waals surface area (Å²) in [5, 5.41) is 15.0.